The first-order valence-electron chi connectivity index (χ1n) is 6.52. The van der Waals surface area contributed by atoms with Gasteiger partial charge >= 0.3 is 0 Å². The second-order valence-electron chi connectivity index (χ2n) is 4.43. The molecule has 0 spiro atoms. The van der Waals surface area contributed by atoms with Gasteiger partial charge in [0.2, 0.25) is 0 Å². The smallest absolute Gasteiger partial charge is 0.174 e. The van der Waals surface area contributed by atoms with Gasteiger partial charge in [-0.15, -0.1) is 0 Å². The summed E-state index contributed by atoms with van der Waals surface area (Å²) in [7, 11) is -2.93. The van der Waals surface area contributed by atoms with Crippen molar-refractivity contribution in [3.63, 3.8) is 0 Å². The summed E-state index contributed by atoms with van der Waals surface area (Å²) in [6, 6.07) is 9.37. The molecule has 0 aliphatic rings. The highest BCUT2D eigenvalue weighted by Crippen LogP contribution is 2.17. The number of nitriles is 1. The van der Waals surface area contributed by atoms with Crippen LogP contribution in [-0.2, 0) is 9.84 Å². The van der Waals surface area contributed by atoms with Crippen LogP contribution in [-0.4, -0.2) is 33.1 Å². The van der Waals surface area contributed by atoms with E-state index >= 15 is 0 Å². The Balaban J connectivity index is 2.47. The monoisotopic (exact) mass is 296 g/mol. The van der Waals surface area contributed by atoms with E-state index in [0.29, 0.717) is 12.3 Å². The first-order valence-corrected chi connectivity index (χ1v) is 8.34. The van der Waals surface area contributed by atoms with E-state index in [4.69, 9.17) is 10.00 Å². The number of ether oxygens (including phenoxy) is 1. The highest BCUT2D eigenvalue weighted by molar-refractivity contribution is 7.91. The second kappa shape index (κ2) is 7.88. The van der Waals surface area contributed by atoms with E-state index in [0.717, 1.165) is 5.56 Å². The molecule has 0 saturated heterocycles. The first-order chi connectivity index (χ1) is 9.48. The van der Waals surface area contributed by atoms with Crippen LogP contribution in [0.2, 0.25) is 0 Å². The molecule has 0 aliphatic carbocycles. The molecule has 0 aliphatic heterocycles. The fourth-order valence-corrected chi connectivity index (χ4v) is 2.38. The molecule has 20 heavy (non-hydrogen) atoms. The molecule has 1 rings (SSSR count). The maximum absolute atomic E-state index is 11.4. The lowest BCUT2D eigenvalue weighted by molar-refractivity contribution is 0.368. The lowest BCUT2D eigenvalue weighted by Gasteiger charge is -2.14. The Bertz CT molecular complexity index is 547. The van der Waals surface area contributed by atoms with Gasteiger partial charge in [0.05, 0.1) is 5.75 Å². The lowest BCUT2D eigenvalue weighted by Crippen LogP contribution is -2.26. The largest absolute Gasteiger partial charge is 0.479 e. The molecule has 0 heterocycles. The fourth-order valence-electron chi connectivity index (χ4n) is 1.66. The molecule has 0 saturated carbocycles. The summed E-state index contributed by atoms with van der Waals surface area (Å²) in [5.41, 5.74) is 1.04. The van der Waals surface area contributed by atoms with Gasteiger partial charge in [-0.1, -0.05) is 19.1 Å². The summed E-state index contributed by atoms with van der Waals surface area (Å²) in [6.45, 7) is 4.09. The number of rotatable bonds is 8. The van der Waals surface area contributed by atoms with Gasteiger partial charge in [0.1, 0.15) is 11.8 Å². The van der Waals surface area contributed by atoms with Gasteiger partial charge in [0.25, 0.3) is 0 Å². The predicted octanol–water partition coefficient (Wildman–Crippen LogP) is 1.67. The minimum absolute atomic E-state index is 0.0298. The van der Waals surface area contributed by atoms with Gasteiger partial charge in [0, 0.05) is 18.3 Å². The van der Waals surface area contributed by atoms with Gasteiger partial charge in [0.15, 0.2) is 16.4 Å². The van der Waals surface area contributed by atoms with Gasteiger partial charge < -0.3 is 10.1 Å². The number of nitrogens with zero attached hydrogens (tertiary/aromatic N) is 1. The number of sulfone groups is 1. The van der Waals surface area contributed by atoms with Crippen LogP contribution in [0, 0.1) is 11.3 Å². The van der Waals surface area contributed by atoms with Crippen molar-refractivity contribution in [2.75, 3.05) is 24.7 Å². The molecule has 1 N–H and O–H groups in total. The lowest BCUT2D eigenvalue weighted by atomic mass is 10.1. The molecule has 0 radical (unpaired) electrons. The maximum Gasteiger partial charge on any atom is 0.174 e. The van der Waals surface area contributed by atoms with Crippen LogP contribution >= 0.6 is 0 Å². The van der Waals surface area contributed by atoms with Crippen molar-refractivity contribution in [2.24, 2.45) is 0 Å². The third-order valence-corrected chi connectivity index (χ3v) is 4.69. The molecule has 5 nitrogen and oxygen atoms in total. The fraction of sp³-hybridized carbons (Fsp3) is 0.500. The van der Waals surface area contributed by atoms with Crippen molar-refractivity contribution >= 4 is 9.84 Å². The van der Waals surface area contributed by atoms with Crippen molar-refractivity contribution in [3.05, 3.63) is 29.8 Å². The molecule has 1 aromatic carbocycles. The Hall–Kier alpha value is -1.58. The molecule has 0 amide bonds. The molecule has 1 aromatic rings. The van der Waals surface area contributed by atoms with Gasteiger partial charge in [-0.3, -0.25) is 0 Å². The van der Waals surface area contributed by atoms with Gasteiger partial charge in [-0.25, -0.2) is 8.42 Å². The highest BCUT2D eigenvalue weighted by atomic mass is 32.2. The van der Waals surface area contributed by atoms with Gasteiger partial charge in [-0.2, -0.15) is 5.26 Å². The van der Waals surface area contributed by atoms with E-state index in [1.54, 1.807) is 19.1 Å². The zero-order valence-electron chi connectivity index (χ0n) is 11.8. The molecule has 0 fully saturated rings. The topological polar surface area (TPSA) is 79.2 Å². The molecule has 0 aromatic heterocycles. The van der Waals surface area contributed by atoms with Crippen LogP contribution in [0.15, 0.2) is 24.3 Å². The normalized spacial score (nSPS) is 12.7. The minimum Gasteiger partial charge on any atom is -0.479 e. The quantitative estimate of drug-likeness (QED) is 0.789. The van der Waals surface area contributed by atoms with E-state index in [9.17, 15) is 8.42 Å². The van der Waals surface area contributed by atoms with E-state index < -0.39 is 9.84 Å². The molecule has 110 valence electrons. The van der Waals surface area contributed by atoms with E-state index in [-0.39, 0.29) is 24.2 Å². The van der Waals surface area contributed by atoms with Crippen LogP contribution in [0.1, 0.15) is 25.5 Å². The average molecular weight is 296 g/mol. The Kier molecular flexibility index (Phi) is 6.49. The van der Waals surface area contributed by atoms with Crippen LogP contribution in [0.25, 0.3) is 0 Å². The van der Waals surface area contributed by atoms with Crippen LogP contribution in [0.5, 0.6) is 5.75 Å². The highest BCUT2D eigenvalue weighted by Gasteiger charge is 2.09. The number of benzene rings is 1. The number of nitrogens with one attached hydrogen (secondary N) is 1. The van der Waals surface area contributed by atoms with Crippen molar-refractivity contribution in [1.29, 1.82) is 5.26 Å². The third-order valence-electron chi connectivity index (χ3n) is 2.99. The number of hydrogen-bond donors (Lipinski definition) is 1. The second-order valence-corrected chi connectivity index (χ2v) is 6.90. The van der Waals surface area contributed by atoms with Crippen molar-refractivity contribution in [3.8, 4) is 11.8 Å². The minimum atomic E-state index is -2.93. The van der Waals surface area contributed by atoms with E-state index in [2.05, 4.69) is 5.32 Å². The van der Waals surface area contributed by atoms with Crippen molar-refractivity contribution < 1.29 is 13.2 Å². The first kappa shape index (κ1) is 16.5. The Morgan fingerprint density at radius 2 is 2.00 bits per heavy atom. The molecule has 6 heteroatoms. The Morgan fingerprint density at radius 1 is 1.35 bits per heavy atom. The summed E-state index contributed by atoms with van der Waals surface area (Å²) in [5.74, 6) is 0.974. The van der Waals surface area contributed by atoms with E-state index in [1.807, 2.05) is 25.1 Å². The summed E-state index contributed by atoms with van der Waals surface area (Å²) in [6.07, 6.45) is 0. The molecule has 1 unspecified atom stereocenters. The molecule has 1 atom stereocenters. The standard InChI is InChI=1S/C14H20N2O3S/c1-3-20(17,18)11-9-16-12(2)13-4-6-14(7-5-13)19-10-8-15/h4-7,12,16H,3,9-11H2,1-2H3. The van der Waals surface area contributed by atoms with Crippen LogP contribution in [0.4, 0.5) is 0 Å². The molecule has 0 bridgehead atoms. The van der Waals surface area contributed by atoms with Crippen LogP contribution < -0.4 is 10.1 Å². The summed E-state index contributed by atoms with van der Waals surface area (Å²) in [4.78, 5) is 0. The molecular weight excluding hydrogens is 276 g/mol. The third kappa shape index (κ3) is 5.59. The predicted molar refractivity (Wildman–Crippen MR) is 78.3 cm³/mol. The summed E-state index contributed by atoms with van der Waals surface area (Å²) < 4.78 is 27.9. The Labute approximate surface area is 120 Å². The van der Waals surface area contributed by atoms with E-state index in [1.165, 1.54) is 0 Å². The maximum atomic E-state index is 11.4. The molecular formula is C14H20N2O3S. The average Bonchev–Trinajstić information content (AvgIpc) is 2.45. The summed E-state index contributed by atoms with van der Waals surface area (Å²) in [5, 5.41) is 11.6. The Morgan fingerprint density at radius 3 is 2.55 bits per heavy atom. The number of hydrogen-bond acceptors (Lipinski definition) is 5. The van der Waals surface area contributed by atoms with Crippen LogP contribution in [0.3, 0.4) is 0 Å². The van der Waals surface area contributed by atoms with Crippen molar-refractivity contribution in [2.45, 2.75) is 19.9 Å². The SMILES string of the molecule is CCS(=O)(=O)CCNC(C)c1ccc(OCC#N)cc1. The summed E-state index contributed by atoms with van der Waals surface area (Å²) >= 11 is 0. The van der Waals surface area contributed by atoms with Crippen molar-refractivity contribution in [1.82, 2.24) is 5.32 Å². The van der Waals surface area contributed by atoms with Gasteiger partial charge in [-0.05, 0) is 24.6 Å². The zero-order chi connectivity index (χ0) is 15.0. The zero-order valence-corrected chi connectivity index (χ0v) is 12.6.